The average Bonchev–Trinajstić information content (AvgIpc) is 2.49. The predicted molar refractivity (Wildman–Crippen MR) is 86.8 cm³/mol. The smallest absolute Gasteiger partial charge is 0.119 e. The van der Waals surface area contributed by atoms with Crippen LogP contribution in [0, 0.1) is 13.8 Å². The maximum atomic E-state index is 10.4. The van der Waals surface area contributed by atoms with Crippen molar-refractivity contribution >= 4 is 0 Å². The first-order valence-electron chi connectivity index (χ1n) is 7.57. The van der Waals surface area contributed by atoms with Crippen molar-refractivity contribution in [2.75, 3.05) is 6.61 Å². The number of aryl methyl sites for hydroxylation is 2. The highest BCUT2D eigenvalue weighted by molar-refractivity contribution is 5.36. The van der Waals surface area contributed by atoms with Crippen molar-refractivity contribution in [3.05, 3.63) is 64.7 Å². The fraction of sp³-hybridized carbons (Fsp3) is 0.368. The lowest BCUT2D eigenvalue weighted by molar-refractivity contribution is 0.178. The van der Waals surface area contributed by atoms with Crippen LogP contribution in [0.15, 0.2) is 42.5 Å². The van der Waals surface area contributed by atoms with Crippen LogP contribution >= 0.6 is 0 Å². The Morgan fingerprint density at radius 3 is 2.19 bits per heavy atom. The summed E-state index contributed by atoms with van der Waals surface area (Å²) in [5.74, 6) is 0.861. The summed E-state index contributed by atoms with van der Waals surface area (Å²) in [5.41, 5.74) is 4.63. The van der Waals surface area contributed by atoms with Gasteiger partial charge in [-0.25, -0.2) is 0 Å². The zero-order valence-corrected chi connectivity index (χ0v) is 13.1. The normalized spacial score (nSPS) is 12.2. The van der Waals surface area contributed by atoms with E-state index in [0.717, 1.165) is 24.3 Å². The molecule has 0 amide bonds. The maximum absolute atomic E-state index is 10.4. The number of aliphatic hydroxyl groups is 1. The van der Waals surface area contributed by atoms with E-state index in [9.17, 15) is 5.11 Å². The van der Waals surface area contributed by atoms with E-state index in [4.69, 9.17) is 4.74 Å². The lowest BCUT2D eigenvalue weighted by Crippen LogP contribution is -2.05. The summed E-state index contributed by atoms with van der Waals surface area (Å²) in [5, 5.41) is 10.4. The number of hydrogen-bond acceptors (Lipinski definition) is 2. The van der Waals surface area contributed by atoms with Crippen molar-refractivity contribution in [3.8, 4) is 5.75 Å². The molecular weight excluding hydrogens is 260 g/mol. The van der Waals surface area contributed by atoms with Crippen LogP contribution in [0.4, 0.5) is 0 Å². The molecule has 0 saturated carbocycles. The highest BCUT2D eigenvalue weighted by Gasteiger charge is 2.12. The molecular formula is C19H24O2. The Kier molecular flexibility index (Phi) is 5.40. The van der Waals surface area contributed by atoms with Crippen LogP contribution in [0.1, 0.15) is 41.7 Å². The van der Waals surface area contributed by atoms with Crippen LogP contribution in [0.5, 0.6) is 5.75 Å². The summed E-state index contributed by atoms with van der Waals surface area (Å²) in [6, 6.07) is 14.0. The van der Waals surface area contributed by atoms with E-state index in [1.165, 1.54) is 16.7 Å². The predicted octanol–water partition coefficient (Wildman–Crippen LogP) is 4.37. The molecule has 0 bridgehead atoms. The van der Waals surface area contributed by atoms with E-state index in [1.54, 1.807) is 0 Å². The number of aliphatic hydroxyl groups excluding tert-OH is 1. The summed E-state index contributed by atoms with van der Waals surface area (Å²) in [6.07, 6.45) is 1.16. The summed E-state index contributed by atoms with van der Waals surface area (Å²) >= 11 is 0. The fourth-order valence-corrected chi connectivity index (χ4v) is 2.49. The van der Waals surface area contributed by atoms with Gasteiger partial charge < -0.3 is 9.84 Å². The number of rotatable bonds is 6. The van der Waals surface area contributed by atoms with E-state index in [2.05, 4.69) is 39.0 Å². The van der Waals surface area contributed by atoms with Crippen LogP contribution in [-0.2, 0) is 6.42 Å². The van der Waals surface area contributed by atoms with Gasteiger partial charge in [-0.15, -0.1) is 0 Å². The van der Waals surface area contributed by atoms with E-state index in [0.29, 0.717) is 6.42 Å². The molecule has 0 aliphatic rings. The summed E-state index contributed by atoms with van der Waals surface area (Å²) < 4.78 is 5.56. The molecule has 0 saturated heterocycles. The molecule has 0 aromatic heterocycles. The van der Waals surface area contributed by atoms with Gasteiger partial charge in [-0.3, -0.25) is 0 Å². The molecule has 0 heterocycles. The van der Waals surface area contributed by atoms with Gasteiger partial charge in [0, 0.05) is 6.42 Å². The maximum Gasteiger partial charge on any atom is 0.119 e. The van der Waals surface area contributed by atoms with Gasteiger partial charge in [-0.05, 0) is 54.7 Å². The standard InChI is InChI=1S/C19H24O2/c1-4-12-21-17-10-8-16(9-11-17)19(20)13-18-14(2)6-5-7-15(18)3/h5-11,19-20H,4,12-13H2,1-3H3. The molecule has 2 aromatic rings. The van der Waals surface area contributed by atoms with Gasteiger partial charge in [-0.2, -0.15) is 0 Å². The molecule has 0 aliphatic carbocycles. The van der Waals surface area contributed by atoms with Gasteiger partial charge in [0.1, 0.15) is 5.75 Å². The third-order valence-electron chi connectivity index (χ3n) is 3.78. The first-order chi connectivity index (χ1) is 10.1. The molecule has 2 nitrogen and oxygen atoms in total. The Labute approximate surface area is 127 Å². The van der Waals surface area contributed by atoms with E-state index in [1.807, 2.05) is 24.3 Å². The molecule has 1 unspecified atom stereocenters. The van der Waals surface area contributed by atoms with Gasteiger partial charge in [0.2, 0.25) is 0 Å². The molecule has 0 aliphatic heterocycles. The monoisotopic (exact) mass is 284 g/mol. The Bertz CT molecular complexity index is 552. The minimum atomic E-state index is -0.481. The number of ether oxygens (including phenoxy) is 1. The molecule has 0 radical (unpaired) electrons. The molecule has 112 valence electrons. The van der Waals surface area contributed by atoms with Crippen LogP contribution < -0.4 is 4.74 Å². The van der Waals surface area contributed by atoms with Crippen molar-refractivity contribution < 1.29 is 9.84 Å². The van der Waals surface area contributed by atoms with Crippen molar-refractivity contribution in [2.24, 2.45) is 0 Å². The fourth-order valence-electron chi connectivity index (χ4n) is 2.49. The molecule has 1 atom stereocenters. The third-order valence-corrected chi connectivity index (χ3v) is 3.78. The minimum Gasteiger partial charge on any atom is -0.494 e. The van der Waals surface area contributed by atoms with Gasteiger partial charge in [0.25, 0.3) is 0 Å². The van der Waals surface area contributed by atoms with Gasteiger partial charge >= 0.3 is 0 Å². The van der Waals surface area contributed by atoms with E-state index in [-0.39, 0.29) is 0 Å². The number of hydrogen-bond donors (Lipinski definition) is 1. The van der Waals surface area contributed by atoms with Crippen molar-refractivity contribution in [1.29, 1.82) is 0 Å². The lowest BCUT2D eigenvalue weighted by Gasteiger charge is -2.15. The second-order valence-electron chi connectivity index (χ2n) is 5.51. The summed E-state index contributed by atoms with van der Waals surface area (Å²) in [6.45, 7) is 7.00. The summed E-state index contributed by atoms with van der Waals surface area (Å²) in [7, 11) is 0. The molecule has 2 aromatic carbocycles. The molecule has 21 heavy (non-hydrogen) atoms. The molecule has 2 rings (SSSR count). The average molecular weight is 284 g/mol. The van der Waals surface area contributed by atoms with Gasteiger partial charge in [-0.1, -0.05) is 37.3 Å². The molecule has 2 heteroatoms. The third kappa shape index (κ3) is 4.08. The zero-order valence-electron chi connectivity index (χ0n) is 13.1. The second kappa shape index (κ2) is 7.28. The first kappa shape index (κ1) is 15.6. The quantitative estimate of drug-likeness (QED) is 0.853. The van der Waals surface area contributed by atoms with Gasteiger partial charge in [0.05, 0.1) is 12.7 Å². The Morgan fingerprint density at radius 2 is 1.62 bits per heavy atom. The first-order valence-corrected chi connectivity index (χ1v) is 7.57. The van der Waals surface area contributed by atoms with Crippen molar-refractivity contribution in [1.82, 2.24) is 0 Å². The van der Waals surface area contributed by atoms with Crippen molar-refractivity contribution in [2.45, 2.75) is 39.7 Å². The molecule has 1 N–H and O–H groups in total. The molecule has 0 spiro atoms. The van der Waals surface area contributed by atoms with Gasteiger partial charge in [0.15, 0.2) is 0 Å². The molecule has 0 fully saturated rings. The topological polar surface area (TPSA) is 29.5 Å². The lowest BCUT2D eigenvalue weighted by atomic mass is 9.94. The zero-order chi connectivity index (χ0) is 15.2. The summed E-state index contributed by atoms with van der Waals surface area (Å²) in [4.78, 5) is 0. The Morgan fingerprint density at radius 1 is 1.00 bits per heavy atom. The highest BCUT2D eigenvalue weighted by Crippen LogP contribution is 2.24. The van der Waals surface area contributed by atoms with E-state index < -0.39 is 6.10 Å². The second-order valence-corrected chi connectivity index (χ2v) is 5.51. The van der Waals surface area contributed by atoms with Crippen LogP contribution in [0.25, 0.3) is 0 Å². The highest BCUT2D eigenvalue weighted by atomic mass is 16.5. The van der Waals surface area contributed by atoms with Crippen LogP contribution in [0.3, 0.4) is 0 Å². The van der Waals surface area contributed by atoms with Crippen LogP contribution in [-0.4, -0.2) is 11.7 Å². The van der Waals surface area contributed by atoms with Crippen LogP contribution in [0.2, 0.25) is 0 Å². The Balaban J connectivity index is 2.08. The minimum absolute atomic E-state index is 0.481. The SMILES string of the molecule is CCCOc1ccc(C(O)Cc2c(C)cccc2C)cc1. The van der Waals surface area contributed by atoms with E-state index >= 15 is 0 Å². The van der Waals surface area contributed by atoms with Crippen molar-refractivity contribution in [3.63, 3.8) is 0 Å². The largest absolute Gasteiger partial charge is 0.494 e. The number of benzene rings is 2. The Hall–Kier alpha value is -1.80.